The maximum atomic E-state index is 12.5. The quantitative estimate of drug-likeness (QED) is 0.613. The van der Waals surface area contributed by atoms with Gasteiger partial charge in [-0.05, 0) is 25.1 Å². The maximum Gasteiger partial charge on any atom is 0.337 e. The summed E-state index contributed by atoms with van der Waals surface area (Å²) in [6.45, 7) is 1.98. The van der Waals surface area contributed by atoms with Crippen molar-refractivity contribution in [1.82, 2.24) is 4.31 Å². The summed E-state index contributed by atoms with van der Waals surface area (Å²) in [6.07, 6.45) is 0. The lowest BCUT2D eigenvalue weighted by molar-refractivity contribution is 0.0600. The first-order valence-corrected chi connectivity index (χ1v) is 7.64. The van der Waals surface area contributed by atoms with Crippen LogP contribution in [0.5, 0.6) is 0 Å². The fourth-order valence-electron chi connectivity index (χ4n) is 1.77. The second-order valence-electron chi connectivity index (χ2n) is 4.57. The van der Waals surface area contributed by atoms with Crippen molar-refractivity contribution in [3.05, 3.63) is 23.8 Å². The second kappa shape index (κ2) is 6.88. The van der Waals surface area contributed by atoms with Crippen LogP contribution in [0.3, 0.4) is 0 Å². The molecule has 8 heteroatoms. The first-order valence-electron chi connectivity index (χ1n) is 6.20. The summed E-state index contributed by atoms with van der Waals surface area (Å²) in [5, 5.41) is 0. The number of nitrogens with two attached hydrogens (primary N) is 1. The van der Waals surface area contributed by atoms with Gasteiger partial charge in [0.1, 0.15) is 4.90 Å². The average Bonchev–Trinajstić information content (AvgIpc) is 2.45. The third-order valence-electron chi connectivity index (χ3n) is 3.12. The SMILES string of the molecule is COCC(C)N(C)S(=O)(=O)c1ccc(C(=O)OC)cc1N. The van der Waals surface area contributed by atoms with Crippen molar-refractivity contribution >= 4 is 21.7 Å². The highest BCUT2D eigenvalue weighted by Gasteiger charge is 2.27. The number of esters is 1. The zero-order valence-electron chi connectivity index (χ0n) is 12.5. The van der Waals surface area contributed by atoms with Crippen LogP contribution in [0.1, 0.15) is 17.3 Å². The molecule has 0 bridgehead atoms. The molecule has 118 valence electrons. The number of methoxy groups -OCH3 is 2. The van der Waals surface area contributed by atoms with Crippen LogP contribution in [-0.4, -0.2) is 52.6 Å². The number of nitrogen functional groups attached to an aromatic ring is 1. The molecule has 0 radical (unpaired) electrons. The summed E-state index contributed by atoms with van der Waals surface area (Å²) >= 11 is 0. The van der Waals surface area contributed by atoms with Crippen molar-refractivity contribution in [2.24, 2.45) is 0 Å². The number of benzene rings is 1. The molecule has 0 fully saturated rings. The number of sulfonamides is 1. The first kappa shape index (κ1) is 17.4. The van der Waals surface area contributed by atoms with Crippen LogP contribution < -0.4 is 5.73 Å². The Balaban J connectivity index is 3.18. The van der Waals surface area contributed by atoms with Crippen molar-refractivity contribution in [3.63, 3.8) is 0 Å². The van der Waals surface area contributed by atoms with Gasteiger partial charge < -0.3 is 15.2 Å². The predicted octanol–water partition coefficient (Wildman–Crippen LogP) is 0.711. The van der Waals surface area contributed by atoms with Crippen molar-refractivity contribution in [1.29, 1.82) is 0 Å². The minimum absolute atomic E-state index is 0.00522. The maximum absolute atomic E-state index is 12.5. The summed E-state index contributed by atoms with van der Waals surface area (Å²) in [5.41, 5.74) is 5.96. The van der Waals surface area contributed by atoms with Crippen LogP contribution in [-0.2, 0) is 19.5 Å². The molecule has 0 aliphatic heterocycles. The van der Waals surface area contributed by atoms with E-state index >= 15 is 0 Å². The molecule has 1 aromatic rings. The molecule has 0 amide bonds. The van der Waals surface area contributed by atoms with Gasteiger partial charge in [0.05, 0.1) is 25.0 Å². The number of carbonyl (C=O) groups is 1. The van der Waals surface area contributed by atoms with Crippen LogP contribution in [0.2, 0.25) is 0 Å². The Kier molecular flexibility index (Phi) is 5.70. The minimum Gasteiger partial charge on any atom is -0.465 e. The molecule has 0 aliphatic carbocycles. The van der Waals surface area contributed by atoms with E-state index < -0.39 is 16.0 Å². The lowest BCUT2D eigenvalue weighted by Crippen LogP contribution is -2.38. The number of hydrogen-bond donors (Lipinski definition) is 1. The summed E-state index contributed by atoms with van der Waals surface area (Å²) in [7, 11) is 0.423. The van der Waals surface area contributed by atoms with E-state index in [0.29, 0.717) is 0 Å². The molecule has 0 saturated carbocycles. The molecular formula is C13H20N2O5S. The van der Waals surface area contributed by atoms with Gasteiger partial charge >= 0.3 is 5.97 Å². The summed E-state index contributed by atoms with van der Waals surface area (Å²) in [4.78, 5) is 11.3. The molecule has 1 atom stereocenters. The van der Waals surface area contributed by atoms with Crippen molar-refractivity contribution in [2.45, 2.75) is 17.9 Å². The molecule has 1 unspecified atom stereocenters. The Labute approximate surface area is 124 Å². The number of hydrogen-bond acceptors (Lipinski definition) is 6. The van der Waals surface area contributed by atoms with E-state index in [1.165, 1.54) is 43.8 Å². The molecular weight excluding hydrogens is 296 g/mol. The molecule has 1 rings (SSSR count). The van der Waals surface area contributed by atoms with E-state index in [1.54, 1.807) is 6.92 Å². The van der Waals surface area contributed by atoms with Crippen LogP contribution >= 0.6 is 0 Å². The van der Waals surface area contributed by atoms with Gasteiger partial charge in [0.15, 0.2) is 0 Å². The number of ether oxygens (including phenoxy) is 2. The molecule has 0 aromatic heterocycles. The van der Waals surface area contributed by atoms with E-state index in [4.69, 9.17) is 10.5 Å². The number of rotatable bonds is 6. The number of likely N-dealkylation sites (N-methyl/N-ethyl adjacent to an activating group) is 1. The van der Waals surface area contributed by atoms with Gasteiger partial charge in [-0.1, -0.05) is 0 Å². The number of carbonyl (C=O) groups excluding carboxylic acids is 1. The molecule has 0 heterocycles. The summed E-state index contributed by atoms with van der Waals surface area (Å²) in [5.74, 6) is -0.577. The van der Waals surface area contributed by atoms with Gasteiger partial charge in [0.25, 0.3) is 0 Å². The highest BCUT2D eigenvalue weighted by Crippen LogP contribution is 2.24. The highest BCUT2D eigenvalue weighted by atomic mass is 32.2. The van der Waals surface area contributed by atoms with Gasteiger partial charge in [-0.25, -0.2) is 13.2 Å². The molecule has 0 aliphatic rings. The first-order chi connectivity index (χ1) is 9.75. The summed E-state index contributed by atoms with van der Waals surface area (Å²) in [6, 6.07) is 3.60. The molecule has 0 spiro atoms. The van der Waals surface area contributed by atoms with Crippen LogP contribution in [0.4, 0.5) is 5.69 Å². The predicted molar refractivity (Wildman–Crippen MR) is 78.5 cm³/mol. The van der Waals surface area contributed by atoms with Crippen LogP contribution in [0, 0.1) is 0 Å². The molecule has 0 saturated heterocycles. The zero-order chi connectivity index (χ0) is 16.2. The van der Waals surface area contributed by atoms with E-state index in [1.807, 2.05) is 0 Å². The van der Waals surface area contributed by atoms with E-state index in [2.05, 4.69) is 4.74 Å². The van der Waals surface area contributed by atoms with Crippen LogP contribution in [0.15, 0.2) is 23.1 Å². The average molecular weight is 316 g/mol. The fraction of sp³-hybridized carbons (Fsp3) is 0.462. The third-order valence-corrected chi connectivity index (χ3v) is 5.16. The van der Waals surface area contributed by atoms with Crippen molar-refractivity contribution < 1.29 is 22.7 Å². The highest BCUT2D eigenvalue weighted by molar-refractivity contribution is 7.89. The van der Waals surface area contributed by atoms with Gasteiger partial charge in [-0.15, -0.1) is 0 Å². The van der Waals surface area contributed by atoms with Gasteiger partial charge in [-0.2, -0.15) is 4.31 Å². The van der Waals surface area contributed by atoms with E-state index in [9.17, 15) is 13.2 Å². The van der Waals surface area contributed by atoms with Gasteiger partial charge in [0.2, 0.25) is 10.0 Å². The summed E-state index contributed by atoms with van der Waals surface area (Å²) < 4.78 is 35.7. The molecule has 7 nitrogen and oxygen atoms in total. The van der Waals surface area contributed by atoms with Gasteiger partial charge in [0, 0.05) is 20.2 Å². The Morgan fingerprint density at radius 2 is 2.00 bits per heavy atom. The second-order valence-corrected chi connectivity index (χ2v) is 6.54. The number of nitrogens with zero attached hydrogens (tertiary/aromatic N) is 1. The van der Waals surface area contributed by atoms with E-state index in [0.717, 1.165) is 0 Å². The lowest BCUT2D eigenvalue weighted by Gasteiger charge is -2.24. The number of anilines is 1. The topological polar surface area (TPSA) is 98.9 Å². The van der Waals surface area contributed by atoms with Gasteiger partial charge in [-0.3, -0.25) is 0 Å². The smallest absolute Gasteiger partial charge is 0.337 e. The van der Waals surface area contributed by atoms with Crippen LogP contribution in [0.25, 0.3) is 0 Å². The molecule has 2 N–H and O–H groups in total. The Hall–Kier alpha value is -1.64. The minimum atomic E-state index is -3.76. The van der Waals surface area contributed by atoms with E-state index in [-0.39, 0.29) is 28.8 Å². The largest absolute Gasteiger partial charge is 0.465 e. The third kappa shape index (κ3) is 3.72. The van der Waals surface area contributed by atoms with Crippen molar-refractivity contribution in [3.8, 4) is 0 Å². The Morgan fingerprint density at radius 1 is 1.38 bits per heavy atom. The lowest BCUT2D eigenvalue weighted by atomic mass is 10.2. The zero-order valence-corrected chi connectivity index (χ0v) is 13.3. The Morgan fingerprint density at radius 3 is 2.48 bits per heavy atom. The standard InChI is InChI=1S/C13H20N2O5S/c1-9(8-19-3)15(2)21(17,18)12-6-5-10(7-11(12)14)13(16)20-4/h5-7,9H,8,14H2,1-4H3. The molecule has 1 aromatic carbocycles. The normalized spacial score (nSPS) is 13.2. The Bertz CT molecular complexity index is 615. The monoisotopic (exact) mass is 316 g/mol. The fourth-order valence-corrected chi connectivity index (χ4v) is 3.21. The van der Waals surface area contributed by atoms with Crippen molar-refractivity contribution in [2.75, 3.05) is 33.6 Å². The molecule has 21 heavy (non-hydrogen) atoms.